The van der Waals surface area contributed by atoms with E-state index in [1.165, 1.54) is 75.8 Å². The molecule has 11 aromatic rings. The molecule has 0 spiro atoms. The molecule has 0 heterocycles. The largest absolute Gasteiger partial charge is 0.310 e. The third-order valence-electron chi connectivity index (χ3n) is 12.0. The van der Waals surface area contributed by atoms with Crippen LogP contribution in [0.15, 0.2) is 188 Å². The van der Waals surface area contributed by atoms with Gasteiger partial charge >= 0.3 is 0 Å². The van der Waals surface area contributed by atoms with E-state index in [2.05, 4.69) is 204 Å². The molecule has 58 heavy (non-hydrogen) atoms. The first-order valence-corrected chi connectivity index (χ1v) is 19.8. The average molecular weight is 740 g/mol. The van der Waals surface area contributed by atoms with Crippen LogP contribution in [0.4, 0.5) is 39.8 Å². The van der Waals surface area contributed by atoms with Gasteiger partial charge in [-0.1, -0.05) is 133 Å². The minimum atomic E-state index is 0.620. The van der Waals surface area contributed by atoms with Crippen LogP contribution in [0.25, 0.3) is 69.5 Å². The zero-order valence-corrected chi connectivity index (χ0v) is 32.2. The summed E-state index contributed by atoms with van der Waals surface area (Å²) < 4.78 is 0. The minimum absolute atomic E-state index is 0.620. The van der Waals surface area contributed by atoms with Gasteiger partial charge in [0, 0.05) is 44.0 Å². The van der Waals surface area contributed by atoms with E-state index in [-0.39, 0.29) is 0 Å². The summed E-state index contributed by atoms with van der Waals surface area (Å²) in [4.78, 5) is 8.61. The monoisotopic (exact) mass is 739 g/mol. The van der Waals surface area contributed by atoms with Crippen molar-refractivity contribution in [3.8, 4) is 0 Å². The Kier molecular flexibility index (Phi) is 7.67. The topological polar surface area (TPSA) is 10.8 Å². The summed E-state index contributed by atoms with van der Waals surface area (Å²) in [6.45, 7) is 12.3. The normalized spacial score (nSPS) is 11.6. The average Bonchev–Trinajstić information content (AvgIpc) is 3.28. The van der Waals surface area contributed by atoms with Crippen molar-refractivity contribution in [3.63, 3.8) is 0 Å². The third-order valence-corrected chi connectivity index (χ3v) is 12.0. The van der Waals surface area contributed by atoms with Gasteiger partial charge in [-0.25, -0.2) is 4.85 Å². The lowest BCUT2D eigenvalue weighted by atomic mass is 9.84. The second kappa shape index (κ2) is 13.2. The third kappa shape index (κ3) is 5.06. The molecule has 11 aromatic carbocycles. The maximum Gasteiger partial charge on any atom is 0.187 e. The van der Waals surface area contributed by atoms with Crippen LogP contribution in [-0.4, -0.2) is 0 Å². The first-order chi connectivity index (χ1) is 28.6. The molecular formula is C55H37N3. The quantitative estimate of drug-likeness (QED) is 0.0955. The smallest absolute Gasteiger partial charge is 0.187 e. The summed E-state index contributed by atoms with van der Waals surface area (Å²) in [5.41, 5.74) is 9.65. The molecule has 0 saturated heterocycles. The van der Waals surface area contributed by atoms with E-state index in [1.54, 1.807) is 0 Å². The first-order valence-electron chi connectivity index (χ1n) is 19.8. The van der Waals surface area contributed by atoms with E-state index >= 15 is 0 Å². The number of nitrogens with zero attached hydrogens (tertiary/aromatic N) is 3. The molecule has 3 heteroatoms. The lowest BCUT2D eigenvalue weighted by Crippen LogP contribution is -2.12. The molecule has 0 aliphatic carbocycles. The molecule has 0 aliphatic rings. The van der Waals surface area contributed by atoms with Crippen LogP contribution in [0.1, 0.15) is 11.1 Å². The van der Waals surface area contributed by atoms with Crippen LogP contribution >= 0.6 is 0 Å². The van der Waals surface area contributed by atoms with Crippen LogP contribution in [0.2, 0.25) is 0 Å². The van der Waals surface area contributed by atoms with Gasteiger partial charge in [0.25, 0.3) is 0 Å². The molecule has 272 valence electrons. The number of anilines is 6. The summed E-state index contributed by atoms with van der Waals surface area (Å²) >= 11 is 0. The highest BCUT2D eigenvalue weighted by atomic mass is 15.2. The minimum Gasteiger partial charge on any atom is -0.310 e. The van der Waals surface area contributed by atoms with Gasteiger partial charge in [0.05, 0.1) is 23.6 Å². The standard InChI is InChI=1S/C55H37N3/c1-35-32-51(57(39-17-6-4-7-18-39)40-19-8-5-9-20-40)53-47-25-15-14-24-46(47)52-36(2)33-49(48-31-30-42(35)54(53)55(48)52)58(41-28-26-38(56-3)27-29-41)50-34-37-16-10-11-21-43(37)44-22-12-13-23-45(44)50/h4-34H,1-2H3. The van der Waals surface area contributed by atoms with Crippen LogP contribution in [0.5, 0.6) is 0 Å². The van der Waals surface area contributed by atoms with Crippen LogP contribution in [0.3, 0.4) is 0 Å². The predicted octanol–water partition coefficient (Wildman–Crippen LogP) is 16.2. The SMILES string of the molecule is [C-]#[N+]c1ccc(N(c2cc3ccccc3c3ccccc23)c2cc(C)c3c4ccccc4c4c(N(c5ccccc5)c5ccccc5)cc(C)c5ccc2c3c54)cc1. The van der Waals surface area contributed by atoms with Crippen molar-refractivity contribution >= 4 is 104 Å². The van der Waals surface area contributed by atoms with Crippen LogP contribution in [0, 0.1) is 20.4 Å². The van der Waals surface area contributed by atoms with Gasteiger partial charge in [-0.05, 0) is 117 Å². The van der Waals surface area contributed by atoms with Crippen molar-refractivity contribution in [1.29, 1.82) is 0 Å². The predicted molar refractivity (Wildman–Crippen MR) is 248 cm³/mol. The van der Waals surface area contributed by atoms with Gasteiger partial charge in [0.1, 0.15) is 0 Å². The van der Waals surface area contributed by atoms with E-state index < -0.39 is 0 Å². The van der Waals surface area contributed by atoms with Crippen molar-refractivity contribution in [3.05, 3.63) is 211 Å². The molecule has 0 radical (unpaired) electrons. The Hall–Kier alpha value is -7.67. The zero-order valence-electron chi connectivity index (χ0n) is 32.2. The van der Waals surface area contributed by atoms with E-state index in [1.807, 2.05) is 12.1 Å². The number of rotatable bonds is 6. The molecule has 0 bridgehead atoms. The van der Waals surface area contributed by atoms with E-state index in [0.717, 1.165) is 34.1 Å². The fourth-order valence-electron chi connectivity index (χ4n) is 9.48. The molecular weight excluding hydrogens is 703 g/mol. The Labute approximate surface area is 337 Å². The van der Waals surface area contributed by atoms with Crippen molar-refractivity contribution < 1.29 is 0 Å². The van der Waals surface area contributed by atoms with Gasteiger partial charge in [0.2, 0.25) is 0 Å². The van der Waals surface area contributed by atoms with Gasteiger partial charge < -0.3 is 9.80 Å². The van der Waals surface area contributed by atoms with Crippen molar-refractivity contribution in [2.45, 2.75) is 13.8 Å². The van der Waals surface area contributed by atoms with Gasteiger partial charge in [-0.2, -0.15) is 0 Å². The molecule has 0 amide bonds. The Morgan fingerprint density at radius 3 is 1.52 bits per heavy atom. The van der Waals surface area contributed by atoms with Crippen molar-refractivity contribution in [2.24, 2.45) is 0 Å². The van der Waals surface area contributed by atoms with E-state index in [4.69, 9.17) is 6.57 Å². The maximum absolute atomic E-state index is 7.75. The highest BCUT2D eigenvalue weighted by Crippen LogP contribution is 2.53. The molecule has 0 N–H and O–H groups in total. The van der Waals surface area contributed by atoms with Gasteiger partial charge in [-0.15, -0.1) is 0 Å². The highest BCUT2D eigenvalue weighted by Gasteiger charge is 2.26. The second-order valence-electron chi connectivity index (χ2n) is 15.3. The molecule has 0 fully saturated rings. The second-order valence-corrected chi connectivity index (χ2v) is 15.3. The first kappa shape index (κ1) is 33.6. The van der Waals surface area contributed by atoms with Crippen LogP contribution in [-0.2, 0) is 0 Å². The van der Waals surface area contributed by atoms with E-state index in [9.17, 15) is 0 Å². The zero-order chi connectivity index (χ0) is 38.9. The molecule has 0 aliphatic heterocycles. The Balaban J connectivity index is 1.31. The summed E-state index contributed by atoms with van der Waals surface area (Å²) in [7, 11) is 0. The number of hydrogen-bond donors (Lipinski definition) is 0. The molecule has 0 aromatic heterocycles. The fraction of sp³-hybridized carbons (Fsp3) is 0.0364. The number of hydrogen-bond acceptors (Lipinski definition) is 2. The summed E-state index contributed by atoms with van der Waals surface area (Å²) in [5.74, 6) is 0. The molecule has 11 rings (SSSR count). The molecule has 0 saturated carbocycles. The lowest BCUT2D eigenvalue weighted by Gasteiger charge is -2.32. The fourth-order valence-corrected chi connectivity index (χ4v) is 9.48. The molecule has 0 unspecified atom stereocenters. The summed E-state index contributed by atoms with van der Waals surface area (Å²) in [5, 5.41) is 14.8. The number of benzene rings is 11. The number of aryl methyl sites for hydroxylation is 2. The van der Waals surface area contributed by atoms with Crippen molar-refractivity contribution in [2.75, 3.05) is 9.80 Å². The van der Waals surface area contributed by atoms with Crippen LogP contribution < -0.4 is 9.80 Å². The van der Waals surface area contributed by atoms with Crippen molar-refractivity contribution in [1.82, 2.24) is 0 Å². The highest BCUT2D eigenvalue weighted by molar-refractivity contribution is 6.38. The summed E-state index contributed by atoms with van der Waals surface area (Å²) in [6.07, 6.45) is 0. The Bertz CT molecular complexity index is 3380. The Morgan fingerprint density at radius 1 is 0.345 bits per heavy atom. The molecule has 0 atom stereocenters. The number of para-hydroxylation sites is 2. The Morgan fingerprint density at radius 2 is 0.845 bits per heavy atom. The van der Waals surface area contributed by atoms with Gasteiger partial charge in [-0.3, -0.25) is 0 Å². The number of fused-ring (bicyclic) bond motifs is 6. The maximum atomic E-state index is 7.75. The lowest BCUT2D eigenvalue weighted by molar-refractivity contribution is 1.29. The molecule has 3 nitrogen and oxygen atoms in total. The summed E-state index contributed by atoms with van der Waals surface area (Å²) in [6, 6.07) is 67.7. The van der Waals surface area contributed by atoms with Gasteiger partial charge in [0.15, 0.2) is 5.69 Å². The van der Waals surface area contributed by atoms with E-state index in [0.29, 0.717) is 5.69 Å².